The second kappa shape index (κ2) is 4.80. The number of ether oxygens (including phenoxy) is 1. The molecule has 0 aliphatic heterocycles. The van der Waals surface area contributed by atoms with Crippen molar-refractivity contribution in [3.63, 3.8) is 0 Å². The van der Waals surface area contributed by atoms with Crippen LogP contribution in [0.2, 0.25) is 0 Å². The van der Waals surface area contributed by atoms with Gasteiger partial charge in [0.2, 0.25) is 0 Å². The SMILES string of the molecule is O=C(c1ccc(OC2CC2)cc1)c1ccncc1F. The number of hydrogen-bond donors (Lipinski definition) is 0. The third-order valence-corrected chi connectivity index (χ3v) is 2.96. The van der Waals surface area contributed by atoms with Gasteiger partial charge >= 0.3 is 0 Å². The second-order valence-electron chi connectivity index (χ2n) is 4.53. The average Bonchev–Trinajstić information content (AvgIpc) is 3.23. The predicted molar refractivity (Wildman–Crippen MR) is 67.7 cm³/mol. The molecule has 0 amide bonds. The van der Waals surface area contributed by atoms with Gasteiger partial charge in [-0.15, -0.1) is 0 Å². The van der Waals surface area contributed by atoms with Crippen LogP contribution >= 0.6 is 0 Å². The maximum Gasteiger partial charge on any atom is 0.196 e. The summed E-state index contributed by atoms with van der Waals surface area (Å²) in [6.45, 7) is 0. The lowest BCUT2D eigenvalue weighted by Gasteiger charge is -2.06. The molecule has 0 unspecified atom stereocenters. The summed E-state index contributed by atoms with van der Waals surface area (Å²) in [4.78, 5) is 15.7. The van der Waals surface area contributed by atoms with E-state index in [1.165, 1.54) is 12.3 Å². The molecule has 96 valence electrons. The van der Waals surface area contributed by atoms with E-state index in [2.05, 4.69) is 4.98 Å². The Hall–Kier alpha value is -2.23. The summed E-state index contributed by atoms with van der Waals surface area (Å²) < 4.78 is 19.1. The van der Waals surface area contributed by atoms with Crippen LogP contribution in [0.25, 0.3) is 0 Å². The smallest absolute Gasteiger partial charge is 0.196 e. The number of hydrogen-bond acceptors (Lipinski definition) is 3. The molecule has 0 spiro atoms. The molecule has 19 heavy (non-hydrogen) atoms. The summed E-state index contributed by atoms with van der Waals surface area (Å²) in [5.74, 6) is -0.210. The number of carbonyl (C=O) groups excluding carboxylic acids is 1. The molecule has 0 saturated heterocycles. The first-order valence-electron chi connectivity index (χ1n) is 6.15. The molecular formula is C15H12FNO2. The number of nitrogens with zero attached hydrogens (tertiary/aromatic N) is 1. The van der Waals surface area contributed by atoms with Gasteiger partial charge in [0.05, 0.1) is 17.9 Å². The fourth-order valence-electron chi connectivity index (χ4n) is 1.78. The number of pyridine rings is 1. The van der Waals surface area contributed by atoms with Crippen molar-refractivity contribution in [3.05, 3.63) is 59.7 Å². The minimum atomic E-state index is -0.606. The third kappa shape index (κ3) is 2.62. The van der Waals surface area contributed by atoms with Crippen LogP contribution in [0.3, 0.4) is 0 Å². The van der Waals surface area contributed by atoms with E-state index >= 15 is 0 Å². The molecule has 1 aromatic carbocycles. The van der Waals surface area contributed by atoms with Gasteiger partial charge in [-0.25, -0.2) is 4.39 Å². The highest BCUT2D eigenvalue weighted by atomic mass is 19.1. The maximum absolute atomic E-state index is 13.5. The highest BCUT2D eigenvalue weighted by Crippen LogP contribution is 2.27. The van der Waals surface area contributed by atoms with Crippen LogP contribution in [0, 0.1) is 5.82 Å². The van der Waals surface area contributed by atoms with Gasteiger partial charge in [0, 0.05) is 11.8 Å². The van der Waals surface area contributed by atoms with E-state index in [9.17, 15) is 9.18 Å². The number of aromatic nitrogens is 1. The zero-order chi connectivity index (χ0) is 13.2. The second-order valence-corrected chi connectivity index (χ2v) is 4.53. The third-order valence-electron chi connectivity index (χ3n) is 2.96. The van der Waals surface area contributed by atoms with Crippen molar-refractivity contribution in [1.82, 2.24) is 4.98 Å². The van der Waals surface area contributed by atoms with Crippen molar-refractivity contribution >= 4 is 5.78 Å². The van der Waals surface area contributed by atoms with Crippen LogP contribution in [0.4, 0.5) is 4.39 Å². The van der Waals surface area contributed by atoms with Gasteiger partial charge in [0.25, 0.3) is 0 Å². The molecule has 4 heteroatoms. The first-order valence-corrected chi connectivity index (χ1v) is 6.15. The van der Waals surface area contributed by atoms with Crippen LogP contribution in [-0.4, -0.2) is 16.9 Å². The lowest BCUT2D eigenvalue weighted by molar-refractivity contribution is 0.103. The summed E-state index contributed by atoms with van der Waals surface area (Å²) in [5, 5.41) is 0. The van der Waals surface area contributed by atoms with Gasteiger partial charge in [0.15, 0.2) is 11.6 Å². The highest BCUT2D eigenvalue weighted by molar-refractivity contribution is 6.09. The molecule has 0 radical (unpaired) electrons. The number of benzene rings is 1. The Labute approximate surface area is 110 Å². The van der Waals surface area contributed by atoms with Gasteiger partial charge in [-0.2, -0.15) is 0 Å². The van der Waals surface area contributed by atoms with E-state index in [0.717, 1.165) is 24.8 Å². The standard InChI is InChI=1S/C15H12FNO2/c16-14-9-17-8-7-13(14)15(18)10-1-3-11(4-2-10)19-12-5-6-12/h1-4,7-9,12H,5-6H2. The van der Waals surface area contributed by atoms with E-state index in [1.807, 2.05) is 0 Å². The summed E-state index contributed by atoms with van der Waals surface area (Å²) >= 11 is 0. The van der Waals surface area contributed by atoms with E-state index in [0.29, 0.717) is 11.7 Å². The zero-order valence-corrected chi connectivity index (χ0v) is 10.2. The van der Waals surface area contributed by atoms with E-state index in [1.54, 1.807) is 24.3 Å². The summed E-state index contributed by atoms with van der Waals surface area (Å²) in [6.07, 6.45) is 4.93. The Balaban J connectivity index is 1.81. The monoisotopic (exact) mass is 257 g/mol. The van der Waals surface area contributed by atoms with Crippen molar-refractivity contribution in [1.29, 1.82) is 0 Å². The van der Waals surface area contributed by atoms with Crippen molar-refractivity contribution in [3.8, 4) is 5.75 Å². The minimum absolute atomic E-state index is 0.0332. The van der Waals surface area contributed by atoms with Crippen molar-refractivity contribution < 1.29 is 13.9 Å². The molecule has 3 nitrogen and oxygen atoms in total. The largest absolute Gasteiger partial charge is 0.490 e. The number of halogens is 1. The highest BCUT2D eigenvalue weighted by Gasteiger charge is 2.23. The molecule has 1 aromatic heterocycles. The quantitative estimate of drug-likeness (QED) is 0.790. The number of carbonyl (C=O) groups is 1. The van der Waals surface area contributed by atoms with Gasteiger partial charge in [-0.05, 0) is 43.2 Å². The summed E-state index contributed by atoms with van der Waals surface area (Å²) in [6, 6.07) is 8.17. The topological polar surface area (TPSA) is 39.2 Å². The molecule has 0 atom stereocenters. The van der Waals surface area contributed by atoms with E-state index in [4.69, 9.17) is 4.74 Å². The molecule has 0 bridgehead atoms. The molecule has 1 aliphatic carbocycles. The van der Waals surface area contributed by atoms with Gasteiger partial charge in [0.1, 0.15) is 5.75 Å². The molecule has 1 aliphatic rings. The molecule has 0 N–H and O–H groups in total. The first kappa shape index (κ1) is 11.8. The Morgan fingerprint density at radius 1 is 1.21 bits per heavy atom. The number of rotatable bonds is 4. The summed E-state index contributed by atoms with van der Waals surface area (Å²) in [5.41, 5.74) is 0.471. The van der Waals surface area contributed by atoms with Gasteiger partial charge in [-0.1, -0.05) is 0 Å². The molecular weight excluding hydrogens is 245 g/mol. The first-order chi connectivity index (χ1) is 9.24. The fraction of sp³-hybridized carbons (Fsp3) is 0.200. The molecule has 1 fully saturated rings. The van der Waals surface area contributed by atoms with Crippen molar-refractivity contribution in [2.75, 3.05) is 0 Å². The lowest BCUT2D eigenvalue weighted by Crippen LogP contribution is -2.04. The van der Waals surface area contributed by atoms with Gasteiger partial charge < -0.3 is 4.74 Å². The average molecular weight is 257 g/mol. The van der Waals surface area contributed by atoms with Crippen LogP contribution in [0.5, 0.6) is 5.75 Å². The predicted octanol–water partition coefficient (Wildman–Crippen LogP) is 2.99. The Kier molecular flexibility index (Phi) is 2.99. The van der Waals surface area contributed by atoms with Crippen LogP contribution in [0.1, 0.15) is 28.8 Å². The van der Waals surface area contributed by atoms with Crippen molar-refractivity contribution in [2.24, 2.45) is 0 Å². The van der Waals surface area contributed by atoms with E-state index in [-0.39, 0.29) is 11.3 Å². The van der Waals surface area contributed by atoms with Crippen LogP contribution in [0.15, 0.2) is 42.7 Å². The van der Waals surface area contributed by atoms with Crippen molar-refractivity contribution in [2.45, 2.75) is 18.9 Å². The summed E-state index contributed by atoms with van der Waals surface area (Å²) in [7, 11) is 0. The van der Waals surface area contributed by atoms with Crippen LogP contribution < -0.4 is 4.74 Å². The Morgan fingerprint density at radius 2 is 1.95 bits per heavy atom. The number of ketones is 1. The van der Waals surface area contributed by atoms with Crippen LogP contribution in [-0.2, 0) is 0 Å². The Bertz CT molecular complexity index is 606. The van der Waals surface area contributed by atoms with E-state index < -0.39 is 5.82 Å². The molecule has 1 saturated carbocycles. The zero-order valence-electron chi connectivity index (χ0n) is 10.2. The van der Waals surface area contributed by atoms with Gasteiger partial charge in [-0.3, -0.25) is 9.78 Å². The molecule has 2 aromatic rings. The minimum Gasteiger partial charge on any atom is -0.490 e. The fourth-order valence-corrected chi connectivity index (χ4v) is 1.78. The maximum atomic E-state index is 13.5. The normalized spacial score (nSPS) is 14.2. The lowest BCUT2D eigenvalue weighted by atomic mass is 10.0. The molecule has 1 heterocycles. The Morgan fingerprint density at radius 3 is 2.58 bits per heavy atom. The molecule has 3 rings (SSSR count).